The summed E-state index contributed by atoms with van der Waals surface area (Å²) in [5.41, 5.74) is 1.31. The van der Waals surface area contributed by atoms with Crippen LogP contribution in [0.25, 0.3) is 0 Å². The fraction of sp³-hybridized carbons (Fsp3) is 0.643. The van der Waals surface area contributed by atoms with E-state index in [2.05, 4.69) is 16.4 Å². The van der Waals surface area contributed by atoms with Gasteiger partial charge in [-0.25, -0.2) is 0 Å². The Balaban J connectivity index is 2.15. The van der Waals surface area contributed by atoms with E-state index in [1.807, 2.05) is 27.1 Å². The molecule has 3 nitrogen and oxygen atoms in total. The predicted octanol–water partition coefficient (Wildman–Crippen LogP) is 2.72. The Morgan fingerprint density at radius 1 is 1.35 bits per heavy atom. The third kappa shape index (κ3) is 2.97. The maximum absolute atomic E-state index is 5.70. The monoisotopic (exact) mass is 234 g/mol. The summed E-state index contributed by atoms with van der Waals surface area (Å²) < 4.78 is 5.70. The second kappa shape index (κ2) is 5.50. The molecule has 2 rings (SSSR count). The highest BCUT2D eigenvalue weighted by Gasteiger charge is 2.27. The Bertz CT molecular complexity index is 365. The van der Waals surface area contributed by atoms with E-state index in [1.165, 1.54) is 24.8 Å². The summed E-state index contributed by atoms with van der Waals surface area (Å²) in [6.07, 6.45) is 7.79. The Morgan fingerprint density at radius 3 is 2.88 bits per heavy atom. The van der Waals surface area contributed by atoms with Gasteiger partial charge >= 0.3 is 0 Å². The SMILES string of the molecule is CNC1CCCC1c1cncc(OC(C)C)c1. The minimum Gasteiger partial charge on any atom is -0.489 e. The van der Waals surface area contributed by atoms with Gasteiger partial charge < -0.3 is 10.1 Å². The summed E-state index contributed by atoms with van der Waals surface area (Å²) in [5, 5.41) is 3.40. The number of hydrogen-bond donors (Lipinski definition) is 1. The van der Waals surface area contributed by atoms with Gasteiger partial charge in [-0.05, 0) is 45.4 Å². The van der Waals surface area contributed by atoms with Crippen molar-refractivity contribution in [2.75, 3.05) is 7.05 Å². The van der Waals surface area contributed by atoms with Crippen LogP contribution in [-0.2, 0) is 0 Å². The Hall–Kier alpha value is -1.09. The molecule has 1 aromatic rings. The molecule has 0 spiro atoms. The molecule has 0 amide bonds. The van der Waals surface area contributed by atoms with Gasteiger partial charge in [0.1, 0.15) is 5.75 Å². The molecule has 17 heavy (non-hydrogen) atoms. The highest BCUT2D eigenvalue weighted by molar-refractivity contribution is 5.28. The minimum atomic E-state index is 0.204. The Kier molecular flexibility index (Phi) is 4.00. The van der Waals surface area contributed by atoms with E-state index in [1.54, 1.807) is 6.20 Å². The van der Waals surface area contributed by atoms with Gasteiger partial charge in [0.05, 0.1) is 12.3 Å². The fourth-order valence-corrected chi connectivity index (χ4v) is 2.68. The third-order valence-electron chi connectivity index (χ3n) is 3.42. The van der Waals surface area contributed by atoms with Gasteiger partial charge in [-0.2, -0.15) is 0 Å². The first-order valence-electron chi connectivity index (χ1n) is 6.49. The number of nitrogens with zero attached hydrogens (tertiary/aromatic N) is 1. The molecule has 1 saturated carbocycles. The molecule has 1 aliphatic carbocycles. The lowest BCUT2D eigenvalue weighted by molar-refractivity contribution is 0.241. The highest BCUT2D eigenvalue weighted by Crippen LogP contribution is 2.35. The number of aromatic nitrogens is 1. The van der Waals surface area contributed by atoms with E-state index in [-0.39, 0.29) is 6.10 Å². The van der Waals surface area contributed by atoms with Crippen LogP contribution in [0.4, 0.5) is 0 Å². The van der Waals surface area contributed by atoms with E-state index in [0.717, 1.165) is 5.75 Å². The summed E-state index contributed by atoms with van der Waals surface area (Å²) in [6, 6.07) is 2.74. The van der Waals surface area contributed by atoms with Gasteiger partial charge in [0, 0.05) is 18.2 Å². The first-order valence-corrected chi connectivity index (χ1v) is 6.49. The average molecular weight is 234 g/mol. The summed E-state index contributed by atoms with van der Waals surface area (Å²) in [5.74, 6) is 1.47. The van der Waals surface area contributed by atoms with Crippen molar-refractivity contribution in [1.82, 2.24) is 10.3 Å². The molecule has 3 heteroatoms. The molecule has 0 saturated heterocycles. The first kappa shape index (κ1) is 12.4. The van der Waals surface area contributed by atoms with Crippen LogP contribution >= 0.6 is 0 Å². The minimum absolute atomic E-state index is 0.204. The van der Waals surface area contributed by atoms with Crippen molar-refractivity contribution in [3.05, 3.63) is 24.0 Å². The Morgan fingerprint density at radius 2 is 2.18 bits per heavy atom. The van der Waals surface area contributed by atoms with Gasteiger partial charge in [0.25, 0.3) is 0 Å². The van der Waals surface area contributed by atoms with Crippen molar-refractivity contribution in [2.45, 2.75) is 51.2 Å². The van der Waals surface area contributed by atoms with Gasteiger partial charge in [0.15, 0.2) is 0 Å². The quantitative estimate of drug-likeness (QED) is 0.869. The van der Waals surface area contributed by atoms with Crippen LogP contribution in [-0.4, -0.2) is 24.2 Å². The molecular formula is C14H22N2O. The largest absolute Gasteiger partial charge is 0.489 e. The molecule has 0 aliphatic heterocycles. The van der Waals surface area contributed by atoms with Crippen molar-refractivity contribution in [2.24, 2.45) is 0 Å². The van der Waals surface area contributed by atoms with Crippen molar-refractivity contribution in [1.29, 1.82) is 0 Å². The van der Waals surface area contributed by atoms with Crippen molar-refractivity contribution >= 4 is 0 Å². The molecule has 0 bridgehead atoms. The van der Waals surface area contributed by atoms with Crippen LogP contribution in [0.2, 0.25) is 0 Å². The number of ether oxygens (including phenoxy) is 1. The molecular weight excluding hydrogens is 212 g/mol. The number of rotatable bonds is 4. The predicted molar refractivity (Wildman–Crippen MR) is 69.4 cm³/mol. The van der Waals surface area contributed by atoms with Gasteiger partial charge in [-0.1, -0.05) is 6.42 Å². The zero-order valence-corrected chi connectivity index (χ0v) is 10.9. The maximum Gasteiger partial charge on any atom is 0.138 e. The van der Waals surface area contributed by atoms with Gasteiger partial charge in [0.2, 0.25) is 0 Å². The number of hydrogen-bond acceptors (Lipinski definition) is 3. The molecule has 0 aromatic carbocycles. The lowest BCUT2D eigenvalue weighted by Crippen LogP contribution is -2.27. The summed E-state index contributed by atoms with van der Waals surface area (Å²) in [4.78, 5) is 4.30. The van der Waals surface area contributed by atoms with E-state index in [4.69, 9.17) is 4.74 Å². The standard InChI is InChI=1S/C14H22N2O/c1-10(2)17-12-7-11(8-16-9-12)13-5-4-6-14(13)15-3/h7-10,13-15H,4-6H2,1-3H3. The lowest BCUT2D eigenvalue weighted by Gasteiger charge is -2.20. The maximum atomic E-state index is 5.70. The average Bonchev–Trinajstić information content (AvgIpc) is 2.76. The van der Waals surface area contributed by atoms with E-state index in [9.17, 15) is 0 Å². The molecule has 2 unspecified atom stereocenters. The van der Waals surface area contributed by atoms with Crippen LogP contribution in [0.3, 0.4) is 0 Å². The van der Waals surface area contributed by atoms with Crippen molar-refractivity contribution in [3.8, 4) is 5.75 Å². The fourth-order valence-electron chi connectivity index (χ4n) is 2.68. The zero-order valence-electron chi connectivity index (χ0n) is 10.9. The summed E-state index contributed by atoms with van der Waals surface area (Å²) >= 11 is 0. The summed E-state index contributed by atoms with van der Waals surface area (Å²) in [7, 11) is 2.05. The van der Waals surface area contributed by atoms with E-state index < -0.39 is 0 Å². The molecule has 1 fully saturated rings. The van der Waals surface area contributed by atoms with Crippen LogP contribution in [0.15, 0.2) is 18.5 Å². The van der Waals surface area contributed by atoms with Crippen LogP contribution in [0.1, 0.15) is 44.6 Å². The molecule has 94 valence electrons. The number of likely N-dealkylation sites (N-methyl/N-ethyl adjacent to an activating group) is 1. The van der Waals surface area contributed by atoms with Crippen LogP contribution in [0.5, 0.6) is 5.75 Å². The molecule has 1 aromatic heterocycles. The second-order valence-electron chi connectivity index (χ2n) is 5.05. The van der Waals surface area contributed by atoms with Gasteiger partial charge in [-0.3, -0.25) is 4.98 Å². The second-order valence-corrected chi connectivity index (χ2v) is 5.05. The summed E-state index contributed by atoms with van der Waals surface area (Å²) in [6.45, 7) is 4.08. The van der Waals surface area contributed by atoms with Crippen molar-refractivity contribution in [3.63, 3.8) is 0 Å². The smallest absolute Gasteiger partial charge is 0.138 e. The molecule has 1 N–H and O–H groups in total. The number of pyridine rings is 1. The molecule has 1 aliphatic rings. The van der Waals surface area contributed by atoms with Crippen molar-refractivity contribution < 1.29 is 4.74 Å². The number of nitrogens with one attached hydrogen (secondary N) is 1. The van der Waals surface area contributed by atoms with Gasteiger partial charge in [-0.15, -0.1) is 0 Å². The molecule has 1 heterocycles. The van der Waals surface area contributed by atoms with Crippen LogP contribution < -0.4 is 10.1 Å². The topological polar surface area (TPSA) is 34.2 Å². The highest BCUT2D eigenvalue weighted by atomic mass is 16.5. The first-order chi connectivity index (χ1) is 8.20. The van der Waals surface area contributed by atoms with E-state index >= 15 is 0 Å². The molecule has 0 radical (unpaired) electrons. The third-order valence-corrected chi connectivity index (χ3v) is 3.42. The normalized spacial score (nSPS) is 24.2. The Labute approximate surface area is 104 Å². The zero-order chi connectivity index (χ0) is 12.3. The van der Waals surface area contributed by atoms with Crippen LogP contribution in [0, 0.1) is 0 Å². The van der Waals surface area contributed by atoms with E-state index in [0.29, 0.717) is 12.0 Å². The molecule has 2 atom stereocenters. The lowest BCUT2D eigenvalue weighted by atomic mass is 9.95.